The number of hydrogen-bond acceptors (Lipinski definition) is 7. The molecule has 1 aromatic heterocycles. The van der Waals surface area contributed by atoms with Gasteiger partial charge in [0.15, 0.2) is 0 Å². The maximum atomic E-state index is 13.8. The standard InChI is InChI=1S/C27H17F7N4O6/c1-42-24(41)37-23-35-18-10-9-13(11-19(18)36-23)25(44-22(40)26(30,31)32)17-8-3-2-7-16(17)20(39)38(25)14-5-4-6-15(12-14)43-27(33,34)21(28)29/h2-12,21H,1H3,(H2,35,36,37,41). The normalized spacial score (nSPS) is 16.7. The van der Waals surface area contributed by atoms with E-state index in [0.29, 0.717) is 11.0 Å². The van der Waals surface area contributed by atoms with Crippen molar-refractivity contribution >= 4 is 40.6 Å². The van der Waals surface area contributed by atoms with Crippen molar-refractivity contribution in [3.8, 4) is 5.75 Å². The maximum absolute atomic E-state index is 13.8. The van der Waals surface area contributed by atoms with Gasteiger partial charge < -0.3 is 19.2 Å². The molecule has 2 heterocycles. The molecule has 17 heteroatoms. The summed E-state index contributed by atoms with van der Waals surface area (Å²) in [5.41, 5.74) is -3.68. The first kappa shape index (κ1) is 30.1. The van der Waals surface area contributed by atoms with Crippen molar-refractivity contribution in [2.24, 2.45) is 0 Å². The Hall–Kier alpha value is -5.35. The molecular weight excluding hydrogens is 609 g/mol. The van der Waals surface area contributed by atoms with Gasteiger partial charge in [-0.15, -0.1) is 0 Å². The number of aromatic nitrogens is 2. The van der Waals surface area contributed by atoms with Gasteiger partial charge in [-0.1, -0.05) is 30.3 Å². The van der Waals surface area contributed by atoms with E-state index in [1.807, 2.05) is 0 Å². The zero-order valence-corrected chi connectivity index (χ0v) is 21.9. The second kappa shape index (κ2) is 10.7. The fourth-order valence-corrected chi connectivity index (χ4v) is 4.60. The van der Waals surface area contributed by atoms with Crippen LogP contribution in [0.15, 0.2) is 66.7 Å². The molecule has 1 aliphatic rings. The molecule has 0 saturated carbocycles. The minimum Gasteiger partial charge on any atom is -0.453 e. The maximum Gasteiger partial charge on any atom is 0.491 e. The van der Waals surface area contributed by atoms with Crippen molar-refractivity contribution in [1.82, 2.24) is 9.97 Å². The number of carbonyl (C=O) groups is 3. The first-order valence-corrected chi connectivity index (χ1v) is 12.2. The highest BCUT2D eigenvalue weighted by Crippen LogP contribution is 2.49. The van der Waals surface area contributed by atoms with Crippen LogP contribution in [-0.2, 0) is 20.0 Å². The Kier molecular flexibility index (Phi) is 7.35. The molecule has 1 aliphatic heterocycles. The zero-order chi connectivity index (χ0) is 32.0. The Labute approximate surface area is 241 Å². The minimum atomic E-state index is -5.57. The van der Waals surface area contributed by atoms with Gasteiger partial charge in [0.1, 0.15) is 5.75 Å². The van der Waals surface area contributed by atoms with Crippen molar-refractivity contribution < 1.29 is 59.3 Å². The van der Waals surface area contributed by atoms with E-state index in [2.05, 4.69) is 24.8 Å². The molecule has 0 radical (unpaired) electrons. The van der Waals surface area contributed by atoms with Crippen LogP contribution in [0.1, 0.15) is 21.5 Å². The molecule has 0 bridgehead atoms. The van der Waals surface area contributed by atoms with Crippen LogP contribution in [0.2, 0.25) is 0 Å². The first-order chi connectivity index (χ1) is 20.7. The summed E-state index contributed by atoms with van der Waals surface area (Å²) in [6.07, 6.45) is -15.7. The minimum absolute atomic E-state index is 0.0850. The lowest BCUT2D eigenvalue weighted by Crippen LogP contribution is -2.50. The fourth-order valence-electron chi connectivity index (χ4n) is 4.60. The largest absolute Gasteiger partial charge is 0.491 e. The summed E-state index contributed by atoms with van der Waals surface area (Å²) in [7, 11) is 1.09. The number of ether oxygens (including phenoxy) is 3. The predicted octanol–water partition coefficient (Wildman–Crippen LogP) is 5.94. The molecule has 0 saturated heterocycles. The Morgan fingerprint density at radius 3 is 2.41 bits per heavy atom. The molecule has 1 atom stereocenters. The predicted molar refractivity (Wildman–Crippen MR) is 136 cm³/mol. The summed E-state index contributed by atoms with van der Waals surface area (Å²) >= 11 is 0. The van der Waals surface area contributed by atoms with Gasteiger partial charge in [-0.05, 0) is 30.3 Å². The van der Waals surface area contributed by atoms with Crippen LogP contribution in [0.3, 0.4) is 0 Å². The number of carbonyl (C=O) groups excluding carboxylic acids is 3. The lowest BCUT2D eigenvalue weighted by molar-refractivity contribution is -0.253. The topological polar surface area (TPSA) is 123 Å². The highest BCUT2D eigenvalue weighted by molar-refractivity contribution is 6.13. The Balaban J connectivity index is 1.75. The number of H-pyrrole nitrogens is 1. The van der Waals surface area contributed by atoms with Gasteiger partial charge in [0.2, 0.25) is 11.7 Å². The third-order valence-corrected chi connectivity index (χ3v) is 6.38. The van der Waals surface area contributed by atoms with Crippen molar-refractivity contribution in [3.63, 3.8) is 0 Å². The molecule has 10 nitrogen and oxygen atoms in total. The highest BCUT2D eigenvalue weighted by Gasteiger charge is 2.58. The molecule has 2 N–H and O–H groups in total. The lowest BCUT2D eigenvalue weighted by atomic mass is 9.92. The summed E-state index contributed by atoms with van der Waals surface area (Å²) < 4.78 is 108. The number of imidazole rings is 1. The molecule has 230 valence electrons. The summed E-state index contributed by atoms with van der Waals surface area (Å²) in [5, 5.41) is 2.27. The van der Waals surface area contributed by atoms with Gasteiger partial charge >= 0.3 is 30.8 Å². The van der Waals surface area contributed by atoms with Crippen molar-refractivity contribution in [3.05, 3.63) is 83.4 Å². The van der Waals surface area contributed by atoms with Gasteiger partial charge in [-0.3, -0.25) is 15.0 Å². The van der Waals surface area contributed by atoms with E-state index in [0.717, 1.165) is 25.3 Å². The van der Waals surface area contributed by atoms with Crippen LogP contribution in [0, 0.1) is 0 Å². The number of nitrogens with one attached hydrogen (secondary N) is 2. The van der Waals surface area contributed by atoms with E-state index in [4.69, 9.17) is 4.74 Å². The van der Waals surface area contributed by atoms with Gasteiger partial charge in [-0.25, -0.2) is 14.6 Å². The number of esters is 1. The van der Waals surface area contributed by atoms with E-state index in [1.54, 1.807) is 0 Å². The molecule has 1 unspecified atom stereocenters. The number of halogens is 7. The molecule has 3 aromatic carbocycles. The number of amides is 2. The third-order valence-electron chi connectivity index (χ3n) is 6.38. The van der Waals surface area contributed by atoms with Gasteiger partial charge in [0.25, 0.3) is 5.91 Å². The van der Waals surface area contributed by atoms with Crippen molar-refractivity contribution in [1.29, 1.82) is 0 Å². The molecule has 0 aliphatic carbocycles. The summed E-state index contributed by atoms with van der Waals surface area (Å²) in [4.78, 5) is 45.3. The number of alkyl halides is 7. The molecule has 4 aromatic rings. The number of rotatable bonds is 7. The smallest absolute Gasteiger partial charge is 0.453 e. The fraction of sp³-hybridized carbons (Fsp3) is 0.185. The number of benzene rings is 3. The Morgan fingerprint density at radius 2 is 1.73 bits per heavy atom. The molecular formula is C27H17F7N4O6. The number of fused-ring (bicyclic) bond motifs is 2. The number of methoxy groups -OCH3 is 1. The Bertz CT molecular complexity index is 1780. The second-order valence-corrected chi connectivity index (χ2v) is 9.11. The van der Waals surface area contributed by atoms with E-state index < -0.39 is 53.8 Å². The SMILES string of the molecule is COC(=O)Nc1nc2ccc(C3(OC(=O)C(F)(F)F)c4ccccc4C(=O)N3c3cccc(OC(F)(F)C(F)F)c3)cc2[nH]1. The number of hydrogen-bond donors (Lipinski definition) is 2. The lowest BCUT2D eigenvalue weighted by Gasteiger charge is -2.39. The van der Waals surface area contributed by atoms with Gasteiger partial charge in [-0.2, -0.15) is 30.7 Å². The average Bonchev–Trinajstić information content (AvgIpc) is 3.48. The molecule has 0 spiro atoms. The number of aromatic amines is 1. The summed E-state index contributed by atoms with van der Waals surface area (Å²) in [5.74, 6) is -4.77. The van der Waals surface area contributed by atoms with E-state index in [1.165, 1.54) is 42.5 Å². The third kappa shape index (κ3) is 5.20. The van der Waals surface area contributed by atoms with Crippen LogP contribution < -0.4 is 15.0 Å². The van der Waals surface area contributed by atoms with Crippen molar-refractivity contribution in [2.45, 2.75) is 24.4 Å². The van der Waals surface area contributed by atoms with Crippen LogP contribution in [0.5, 0.6) is 5.75 Å². The molecule has 0 fully saturated rings. The van der Waals surface area contributed by atoms with Crippen LogP contribution in [-0.4, -0.2) is 53.8 Å². The number of anilines is 2. The second-order valence-electron chi connectivity index (χ2n) is 9.11. The van der Waals surface area contributed by atoms with E-state index in [9.17, 15) is 45.1 Å². The van der Waals surface area contributed by atoms with Gasteiger partial charge in [0.05, 0.1) is 23.8 Å². The Morgan fingerprint density at radius 1 is 1.00 bits per heavy atom. The van der Waals surface area contributed by atoms with E-state index in [-0.39, 0.29) is 33.7 Å². The summed E-state index contributed by atoms with van der Waals surface area (Å²) in [6, 6.07) is 12.5. The molecule has 5 rings (SSSR count). The van der Waals surface area contributed by atoms with Crippen molar-refractivity contribution in [2.75, 3.05) is 17.3 Å². The van der Waals surface area contributed by atoms with Gasteiger partial charge in [0, 0.05) is 22.8 Å². The highest BCUT2D eigenvalue weighted by atomic mass is 19.4. The quantitative estimate of drug-likeness (QED) is 0.192. The van der Waals surface area contributed by atoms with Crippen LogP contribution in [0.4, 0.5) is 47.2 Å². The van der Waals surface area contributed by atoms with Crippen LogP contribution in [0.25, 0.3) is 11.0 Å². The zero-order valence-electron chi connectivity index (χ0n) is 21.9. The molecule has 2 amide bonds. The summed E-state index contributed by atoms with van der Waals surface area (Å²) in [6.45, 7) is 0. The average molecular weight is 626 g/mol. The number of nitrogens with zero attached hydrogens (tertiary/aromatic N) is 2. The van der Waals surface area contributed by atoms with Crippen LogP contribution >= 0.6 is 0 Å². The first-order valence-electron chi connectivity index (χ1n) is 12.2. The monoisotopic (exact) mass is 626 g/mol. The molecule has 44 heavy (non-hydrogen) atoms. The van der Waals surface area contributed by atoms with E-state index >= 15 is 0 Å².